The molecular weight excluding hydrogens is 200 g/mol. The fourth-order valence-electron chi connectivity index (χ4n) is 3.77. The van der Waals surface area contributed by atoms with Crippen molar-refractivity contribution in [2.45, 2.75) is 51.4 Å². The first-order valence-corrected chi connectivity index (χ1v) is 7.05. The van der Waals surface area contributed by atoms with E-state index in [1.54, 1.807) is 0 Å². The van der Waals surface area contributed by atoms with Crippen LogP contribution < -0.4 is 0 Å². The largest absolute Gasteiger partial charge is 0.396 e. The molecule has 0 spiro atoms. The molecule has 2 nitrogen and oxygen atoms in total. The molecule has 2 atom stereocenters. The molecule has 0 aromatic carbocycles. The van der Waals surface area contributed by atoms with E-state index in [-0.39, 0.29) is 0 Å². The summed E-state index contributed by atoms with van der Waals surface area (Å²) in [5.41, 5.74) is 0. The van der Waals surface area contributed by atoms with Crippen molar-refractivity contribution in [3.63, 3.8) is 0 Å². The summed E-state index contributed by atoms with van der Waals surface area (Å²) in [7, 11) is 0. The number of aliphatic hydroxyl groups is 2. The third kappa shape index (κ3) is 2.98. The zero-order valence-corrected chi connectivity index (χ0v) is 10.3. The smallest absolute Gasteiger partial charge is 0.0459 e. The lowest BCUT2D eigenvalue weighted by Crippen LogP contribution is -2.28. The van der Waals surface area contributed by atoms with E-state index in [0.717, 1.165) is 11.8 Å². The van der Waals surface area contributed by atoms with E-state index in [1.807, 2.05) is 0 Å². The first kappa shape index (κ1) is 12.4. The van der Waals surface area contributed by atoms with Crippen LogP contribution in [0.5, 0.6) is 0 Å². The highest BCUT2D eigenvalue weighted by molar-refractivity contribution is 4.82. The second kappa shape index (κ2) is 6.02. The van der Waals surface area contributed by atoms with E-state index in [2.05, 4.69) is 0 Å². The molecule has 2 fully saturated rings. The Bertz CT molecular complexity index is 197. The van der Waals surface area contributed by atoms with Crippen molar-refractivity contribution in [3.8, 4) is 0 Å². The number of rotatable bonds is 3. The van der Waals surface area contributed by atoms with Crippen LogP contribution in [0.4, 0.5) is 0 Å². The van der Waals surface area contributed by atoms with Crippen molar-refractivity contribution in [1.29, 1.82) is 0 Å². The number of hydrogen-bond acceptors (Lipinski definition) is 2. The fraction of sp³-hybridized carbons (Fsp3) is 1.00. The molecule has 2 aliphatic carbocycles. The predicted octanol–water partition coefficient (Wildman–Crippen LogP) is 2.58. The first-order valence-electron chi connectivity index (χ1n) is 7.05. The standard InChI is InChI=1S/C14H26O2/c15-9-11-4-6-13(7-5-11)14-3-1-2-12(8-14)10-16/h11-16H,1-10H2. The van der Waals surface area contributed by atoms with Gasteiger partial charge in [-0.1, -0.05) is 12.8 Å². The monoisotopic (exact) mass is 226 g/mol. The van der Waals surface area contributed by atoms with Crippen LogP contribution in [0.3, 0.4) is 0 Å². The zero-order chi connectivity index (χ0) is 11.4. The van der Waals surface area contributed by atoms with Gasteiger partial charge in [-0.05, 0) is 62.2 Å². The highest BCUT2D eigenvalue weighted by Crippen LogP contribution is 2.41. The lowest BCUT2D eigenvalue weighted by molar-refractivity contribution is 0.0933. The van der Waals surface area contributed by atoms with Crippen LogP contribution in [0.2, 0.25) is 0 Å². The quantitative estimate of drug-likeness (QED) is 0.776. The molecule has 0 aromatic heterocycles. The van der Waals surface area contributed by atoms with Crippen LogP contribution in [0.25, 0.3) is 0 Å². The van der Waals surface area contributed by atoms with Gasteiger partial charge in [0.05, 0.1) is 0 Å². The molecule has 2 rings (SSSR count). The summed E-state index contributed by atoms with van der Waals surface area (Å²) in [6, 6.07) is 0. The molecule has 0 bridgehead atoms. The van der Waals surface area contributed by atoms with Crippen molar-refractivity contribution in [1.82, 2.24) is 0 Å². The zero-order valence-electron chi connectivity index (χ0n) is 10.3. The molecule has 2 aliphatic rings. The van der Waals surface area contributed by atoms with Crippen molar-refractivity contribution in [3.05, 3.63) is 0 Å². The molecule has 2 unspecified atom stereocenters. The Labute approximate surface area is 99.1 Å². The van der Waals surface area contributed by atoms with Gasteiger partial charge >= 0.3 is 0 Å². The number of aliphatic hydroxyl groups excluding tert-OH is 2. The Morgan fingerprint density at radius 1 is 0.688 bits per heavy atom. The normalized spacial score (nSPS) is 40.9. The van der Waals surface area contributed by atoms with Crippen molar-refractivity contribution in [2.24, 2.45) is 23.7 Å². The molecule has 0 heterocycles. The van der Waals surface area contributed by atoms with Gasteiger partial charge in [0, 0.05) is 13.2 Å². The van der Waals surface area contributed by atoms with E-state index in [4.69, 9.17) is 5.11 Å². The van der Waals surface area contributed by atoms with Crippen LogP contribution in [0.15, 0.2) is 0 Å². The minimum Gasteiger partial charge on any atom is -0.396 e. The van der Waals surface area contributed by atoms with Crippen LogP contribution in [-0.2, 0) is 0 Å². The highest BCUT2D eigenvalue weighted by atomic mass is 16.3. The maximum absolute atomic E-state index is 9.25. The molecule has 2 N–H and O–H groups in total. The number of hydrogen-bond donors (Lipinski definition) is 2. The molecule has 0 radical (unpaired) electrons. The minimum atomic E-state index is 0.386. The SMILES string of the molecule is OCC1CCC(C2CCCC(CO)C2)CC1. The van der Waals surface area contributed by atoms with Gasteiger partial charge in [0.15, 0.2) is 0 Å². The van der Waals surface area contributed by atoms with Crippen molar-refractivity contribution >= 4 is 0 Å². The van der Waals surface area contributed by atoms with Crippen LogP contribution in [0, 0.1) is 23.7 Å². The average Bonchev–Trinajstić information content (AvgIpc) is 2.39. The van der Waals surface area contributed by atoms with Crippen LogP contribution >= 0.6 is 0 Å². The summed E-state index contributed by atoms with van der Waals surface area (Å²) in [5, 5.41) is 18.4. The van der Waals surface area contributed by atoms with Gasteiger partial charge in [-0.2, -0.15) is 0 Å². The van der Waals surface area contributed by atoms with Crippen molar-refractivity contribution in [2.75, 3.05) is 13.2 Å². The maximum atomic E-state index is 9.25. The lowest BCUT2D eigenvalue weighted by Gasteiger charge is -2.37. The Balaban J connectivity index is 1.79. The van der Waals surface area contributed by atoms with Gasteiger partial charge in [0.1, 0.15) is 0 Å². The molecule has 0 aliphatic heterocycles. The second-order valence-electron chi connectivity index (χ2n) is 5.94. The second-order valence-corrected chi connectivity index (χ2v) is 5.94. The molecule has 16 heavy (non-hydrogen) atoms. The van der Waals surface area contributed by atoms with Gasteiger partial charge in [0.25, 0.3) is 0 Å². The summed E-state index contributed by atoms with van der Waals surface area (Å²) in [6.45, 7) is 0.777. The molecular formula is C14H26O2. The summed E-state index contributed by atoms with van der Waals surface area (Å²) >= 11 is 0. The van der Waals surface area contributed by atoms with Crippen LogP contribution in [0.1, 0.15) is 51.4 Å². The summed E-state index contributed by atoms with van der Waals surface area (Å²) in [6.07, 6.45) is 10.3. The summed E-state index contributed by atoms with van der Waals surface area (Å²) in [5.74, 6) is 2.91. The molecule has 94 valence electrons. The van der Waals surface area contributed by atoms with Crippen LogP contribution in [-0.4, -0.2) is 23.4 Å². The molecule has 2 heteroatoms. The fourth-order valence-corrected chi connectivity index (χ4v) is 3.77. The summed E-state index contributed by atoms with van der Waals surface area (Å²) < 4.78 is 0. The third-order valence-corrected chi connectivity index (χ3v) is 4.90. The first-order chi connectivity index (χ1) is 7.83. The van der Waals surface area contributed by atoms with E-state index in [0.29, 0.717) is 25.0 Å². The average molecular weight is 226 g/mol. The van der Waals surface area contributed by atoms with Gasteiger partial charge in [-0.25, -0.2) is 0 Å². The molecule has 0 aromatic rings. The van der Waals surface area contributed by atoms with Gasteiger partial charge in [0.2, 0.25) is 0 Å². The Kier molecular flexibility index (Phi) is 4.66. The summed E-state index contributed by atoms with van der Waals surface area (Å²) in [4.78, 5) is 0. The van der Waals surface area contributed by atoms with Gasteiger partial charge < -0.3 is 10.2 Å². The lowest BCUT2D eigenvalue weighted by atomic mass is 9.69. The maximum Gasteiger partial charge on any atom is 0.0459 e. The van der Waals surface area contributed by atoms with Crippen molar-refractivity contribution < 1.29 is 10.2 Å². The van der Waals surface area contributed by atoms with E-state index in [1.165, 1.54) is 51.4 Å². The van der Waals surface area contributed by atoms with Gasteiger partial charge in [-0.15, -0.1) is 0 Å². The predicted molar refractivity (Wildman–Crippen MR) is 65.1 cm³/mol. The molecule has 0 amide bonds. The highest BCUT2D eigenvalue weighted by Gasteiger charge is 2.30. The minimum absolute atomic E-state index is 0.386. The molecule has 0 saturated heterocycles. The van der Waals surface area contributed by atoms with E-state index >= 15 is 0 Å². The Morgan fingerprint density at radius 2 is 1.38 bits per heavy atom. The van der Waals surface area contributed by atoms with E-state index in [9.17, 15) is 5.11 Å². The van der Waals surface area contributed by atoms with Gasteiger partial charge in [-0.3, -0.25) is 0 Å². The third-order valence-electron chi connectivity index (χ3n) is 4.90. The Hall–Kier alpha value is -0.0800. The van der Waals surface area contributed by atoms with E-state index < -0.39 is 0 Å². The topological polar surface area (TPSA) is 40.5 Å². The molecule has 2 saturated carbocycles. The Morgan fingerprint density at radius 3 is 2.00 bits per heavy atom.